The third-order valence-corrected chi connectivity index (χ3v) is 2.62. The van der Waals surface area contributed by atoms with Crippen molar-refractivity contribution in [2.75, 3.05) is 0 Å². The highest BCUT2D eigenvalue weighted by atomic mass is 19.4. The van der Waals surface area contributed by atoms with Gasteiger partial charge in [-0.25, -0.2) is 0 Å². The van der Waals surface area contributed by atoms with Gasteiger partial charge in [0, 0.05) is 0 Å². The topological polar surface area (TPSA) is 18.5 Å². The molecule has 1 aliphatic rings. The van der Waals surface area contributed by atoms with Gasteiger partial charge in [-0.3, -0.25) is 4.74 Å². The Morgan fingerprint density at radius 3 is 1.82 bits per heavy atom. The van der Waals surface area contributed by atoms with Crippen LogP contribution in [0.4, 0.5) is 48.3 Å². The largest absolute Gasteiger partial charge is 0.465 e. The molecule has 0 bridgehead atoms. The highest BCUT2D eigenvalue weighted by Crippen LogP contribution is 2.53. The molecule has 0 fully saturated rings. The SMILES string of the molecule is CC(C(F)(F)F)C(F)(F)C(F)(F)OC1(F)C=C(F)OC1(F)F. The summed E-state index contributed by atoms with van der Waals surface area (Å²) in [5.74, 6) is -15.4. The summed E-state index contributed by atoms with van der Waals surface area (Å²) in [4.78, 5) is 0. The fraction of sp³-hybridized carbons (Fsp3) is 0.778. The molecule has 130 valence electrons. The third kappa shape index (κ3) is 2.94. The molecule has 2 unspecified atom stereocenters. The van der Waals surface area contributed by atoms with Crippen molar-refractivity contribution in [3.05, 3.63) is 12.1 Å². The maximum atomic E-state index is 13.4. The number of ether oxygens (including phenoxy) is 2. The van der Waals surface area contributed by atoms with E-state index < -0.39 is 55.1 Å². The predicted octanol–water partition coefficient (Wildman–Crippen LogP) is 4.53. The Labute approximate surface area is 114 Å². The molecule has 1 rings (SSSR count). The molecule has 0 amide bonds. The fourth-order valence-corrected chi connectivity index (χ4v) is 1.25. The average Bonchev–Trinajstić information content (AvgIpc) is 2.42. The van der Waals surface area contributed by atoms with Crippen LogP contribution in [0.25, 0.3) is 0 Å². The molecule has 22 heavy (non-hydrogen) atoms. The molecule has 2 atom stereocenters. The Balaban J connectivity index is 3.15. The van der Waals surface area contributed by atoms with Crippen LogP contribution in [0.5, 0.6) is 0 Å². The van der Waals surface area contributed by atoms with Crippen molar-refractivity contribution in [1.82, 2.24) is 0 Å². The van der Waals surface area contributed by atoms with E-state index in [4.69, 9.17) is 0 Å². The van der Waals surface area contributed by atoms with Gasteiger partial charge in [0.25, 0.3) is 6.01 Å². The van der Waals surface area contributed by atoms with Crippen LogP contribution in [0, 0.1) is 5.92 Å². The lowest BCUT2D eigenvalue weighted by Gasteiger charge is -2.35. The molecule has 0 aromatic carbocycles. The van der Waals surface area contributed by atoms with E-state index in [-0.39, 0.29) is 0 Å². The van der Waals surface area contributed by atoms with Crippen molar-refractivity contribution in [3.63, 3.8) is 0 Å². The molecule has 1 heterocycles. The van der Waals surface area contributed by atoms with E-state index in [1.807, 2.05) is 0 Å². The average molecular weight is 354 g/mol. The van der Waals surface area contributed by atoms with E-state index in [1.54, 1.807) is 0 Å². The number of hydrogen-bond acceptors (Lipinski definition) is 2. The Morgan fingerprint density at radius 2 is 1.50 bits per heavy atom. The molecule has 1 aliphatic heterocycles. The predicted molar refractivity (Wildman–Crippen MR) is 45.3 cm³/mol. The molecule has 0 saturated carbocycles. The first-order valence-electron chi connectivity index (χ1n) is 5.13. The first-order valence-corrected chi connectivity index (χ1v) is 5.13. The molecular weight excluding hydrogens is 349 g/mol. The van der Waals surface area contributed by atoms with E-state index in [9.17, 15) is 48.3 Å². The van der Waals surface area contributed by atoms with E-state index in [0.717, 1.165) is 0 Å². The minimum atomic E-state index is -6.36. The molecular formula is C9H5F11O2. The molecule has 0 N–H and O–H groups in total. The van der Waals surface area contributed by atoms with Crippen molar-refractivity contribution in [2.45, 2.75) is 37.1 Å². The van der Waals surface area contributed by atoms with Gasteiger partial charge in [0.15, 0.2) is 0 Å². The zero-order valence-electron chi connectivity index (χ0n) is 10.1. The second kappa shape index (κ2) is 4.86. The summed E-state index contributed by atoms with van der Waals surface area (Å²) in [6.45, 7) is -0.401. The summed E-state index contributed by atoms with van der Waals surface area (Å²) in [6.07, 6.45) is -18.8. The van der Waals surface area contributed by atoms with Crippen molar-refractivity contribution in [2.24, 2.45) is 5.92 Å². The zero-order valence-corrected chi connectivity index (χ0v) is 10.1. The highest BCUT2D eigenvalue weighted by Gasteiger charge is 2.74. The van der Waals surface area contributed by atoms with Crippen LogP contribution in [0.2, 0.25) is 0 Å². The maximum Gasteiger partial charge on any atom is 0.465 e. The molecule has 0 aliphatic carbocycles. The summed E-state index contributed by atoms with van der Waals surface area (Å²) in [7, 11) is 0. The Bertz CT molecular complexity index is 469. The van der Waals surface area contributed by atoms with Crippen molar-refractivity contribution >= 4 is 0 Å². The standard InChI is InChI=1S/C9H5F11O2/c1-3(7(14,15)16)6(12,13)9(19,20)22-5(11)2-4(10)21-8(5,17)18/h2-3H,1H3. The van der Waals surface area contributed by atoms with Crippen molar-refractivity contribution < 1.29 is 57.8 Å². The Morgan fingerprint density at radius 1 is 1.05 bits per heavy atom. The van der Waals surface area contributed by atoms with Crippen LogP contribution in [0.1, 0.15) is 6.92 Å². The second-order valence-corrected chi connectivity index (χ2v) is 4.22. The van der Waals surface area contributed by atoms with Gasteiger partial charge >= 0.3 is 30.2 Å². The van der Waals surface area contributed by atoms with Gasteiger partial charge in [-0.1, -0.05) is 0 Å². The Kier molecular flexibility index (Phi) is 4.15. The van der Waals surface area contributed by atoms with Gasteiger partial charge in [0.05, 0.1) is 6.08 Å². The molecule has 2 nitrogen and oxygen atoms in total. The summed E-state index contributed by atoms with van der Waals surface area (Å²) in [6, 6.07) is -2.48. The van der Waals surface area contributed by atoms with Crippen molar-refractivity contribution in [1.29, 1.82) is 0 Å². The number of halogens is 11. The molecule has 0 spiro atoms. The van der Waals surface area contributed by atoms with Gasteiger partial charge in [-0.15, -0.1) is 0 Å². The molecule has 0 saturated heterocycles. The first-order chi connectivity index (χ1) is 9.46. The zero-order chi connectivity index (χ0) is 17.8. The van der Waals surface area contributed by atoms with Gasteiger partial charge in [-0.05, 0) is 6.92 Å². The monoisotopic (exact) mass is 354 g/mol. The quantitative estimate of drug-likeness (QED) is 0.691. The van der Waals surface area contributed by atoms with Crippen LogP contribution in [0.15, 0.2) is 12.1 Å². The minimum absolute atomic E-state index is 0.401. The van der Waals surface area contributed by atoms with E-state index in [2.05, 4.69) is 9.47 Å². The lowest BCUT2D eigenvalue weighted by molar-refractivity contribution is -0.456. The van der Waals surface area contributed by atoms with Crippen LogP contribution >= 0.6 is 0 Å². The molecule has 0 aromatic rings. The van der Waals surface area contributed by atoms with Crippen LogP contribution in [0.3, 0.4) is 0 Å². The second-order valence-electron chi connectivity index (χ2n) is 4.22. The van der Waals surface area contributed by atoms with Crippen molar-refractivity contribution in [3.8, 4) is 0 Å². The van der Waals surface area contributed by atoms with Gasteiger partial charge in [0.1, 0.15) is 5.92 Å². The summed E-state index contributed by atoms with van der Waals surface area (Å²) >= 11 is 0. The number of rotatable bonds is 4. The van der Waals surface area contributed by atoms with Gasteiger partial charge in [0.2, 0.25) is 0 Å². The minimum Gasteiger partial charge on any atom is -0.402 e. The van der Waals surface area contributed by atoms with Gasteiger partial charge in [-0.2, -0.15) is 48.3 Å². The third-order valence-electron chi connectivity index (χ3n) is 2.62. The van der Waals surface area contributed by atoms with E-state index in [0.29, 0.717) is 0 Å². The first kappa shape index (κ1) is 18.8. The molecule has 0 radical (unpaired) electrons. The number of alkyl halides is 10. The van der Waals surface area contributed by atoms with Crippen LogP contribution in [-0.4, -0.2) is 30.2 Å². The van der Waals surface area contributed by atoms with E-state index >= 15 is 0 Å². The smallest absolute Gasteiger partial charge is 0.402 e. The summed E-state index contributed by atoms with van der Waals surface area (Å²) in [5, 5.41) is 0. The van der Waals surface area contributed by atoms with Gasteiger partial charge < -0.3 is 4.74 Å². The molecule has 13 heteroatoms. The van der Waals surface area contributed by atoms with Crippen LogP contribution < -0.4 is 0 Å². The number of hydrogen-bond donors (Lipinski definition) is 0. The normalized spacial score (nSPS) is 27.4. The lowest BCUT2D eigenvalue weighted by atomic mass is 10.0. The summed E-state index contributed by atoms with van der Waals surface area (Å²) in [5.41, 5.74) is 0. The lowest BCUT2D eigenvalue weighted by Crippen LogP contribution is -2.57. The maximum absolute atomic E-state index is 13.4. The Hall–Kier alpha value is -1.27. The molecule has 0 aromatic heterocycles. The van der Waals surface area contributed by atoms with E-state index in [1.165, 1.54) is 0 Å². The highest BCUT2D eigenvalue weighted by molar-refractivity contribution is 5.09. The fourth-order valence-electron chi connectivity index (χ4n) is 1.25. The summed E-state index contributed by atoms with van der Waals surface area (Å²) < 4.78 is 145. The van der Waals surface area contributed by atoms with Crippen LogP contribution in [-0.2, 0) is 9.47 Å².